The van der Waals surface area contributed by atoms with Gasteiger partial charge in [-0.25, -0.2) is 0 Å². The van der Waals surface area contributed by atoms with Gasteiger partial charge in [0.2, 0.25) is 0 Å². The van der Waals surface area contributed by atoms with Gasteiger partial charge in [0.15, 0.2) is 11.5 Å². The summed E-state index contributed by atoms with van der Waals surface area (Å²) >= 11 is 0. The van der Waals surface area contributed by atoms with E-state index >= 15 is 0 Å². The number of carbonyl (C=O) groups excluding carboxylic acids is 2. The Balaban J connectivity index is 1.64. The lowest BCUT2D eigenvalue weighted by Gasteiger charge is -2.25. The smallest absolute Gasteiger partial charge is 0.290 e. The monoisotopic (exact) mass is 399 g/mol. The average molecular weight is 399 g/mol. The Bertz CT molecular complexity index is 1070. The minimum Gasteiger partial charge on any atom is -0.503 e. The van der Waals surface area contributed by atoms with E-state index in [-0.39, 0.29) is 24.3 Å². The molecule has 0 bridgehead atoms. The Labute approximate surface area is 174 Å². The number of aryl methyl sites for hydroxylation is 1. The maximum Gasteiger partial charge on any atom is 0.290 e. The predicted molar refractivity (Wildman–Crippen MR) is 111 cm³/mol. The summed E-state index contributed by atoms with van der Waals surface area (Å²) in [5.74, 6) is -1.34. The summed E-state index contributed by atoms with van der Waals surface area (Å²) in [6.45, 7) is 0.167. The fourth-order valence-electron chi connectivity index (χ4n) is 3.65. The normalized spacial score (nSPS) is 16.2. The van der Waals surface area contributed by atoms with Gasteiger partial charge in [-0.2, -0.15) is 0 Å². The number of pyridine rings is 2. The molecule has 0 radical (unpaired) electrons. The van der Waals surface area contributed by atoms with Crippen molar-refractivity contribution in [3.8, 4) is 0 Å². The molecule has 1 atom stereocenters. The quantitative estimate of drug-likeness (QED) is 0.657. The van der Waals surface area contributed by atoms with E-state index in [1.54, 1.807) is 42.7 Å². The first-order chi connectivity index (χ1) is 14.6. The Morgan fingerprint density at radius 3 is 2.30 bits per heavy atom. The number of carbonyl (C=O) groups is 2. The standard InChI is InChI=1S/C24H21N3O3/c28-20(13-12-17-8-2-1-3-9-17)21-22(19-11-5-7-15-26-19)27(24(30)23(21)29)16-18-10-4-6-14-25-18/h1-11,14-15,22,29H,12-13,16H2. The summed E-state index contributed by atoms with van der Waals surface area (Å²) in [5, 5.41) is 10.6. The zero-order chi connectivity index (χ0) is 20.9. The van der Waals surface area contributed by atoms with Crippen molar-refractivity contribution >= 4 is 11.7 Å². The second-order valence-corrected chi connectivity index (χ2v) is 7.08. The molecule has 150 valence electrons. The van der Waals surface area contributed by atoms with E-state index in [1.165, 1.54) is 4.90 Å². The third kappa shape index (κ3) is 3.98. The SMILES string of the molecule is O=C(CCc1ccccc1)C1=C(O)C(=O)N(Cc2ccccn2)C1c1ccccn1. The molecule has 2 aromatic heterocycles. The van der Waals surface area contributed by atoms with E-state index in [4.69, 9.17) is 0 Å². The molecule has 1 unspecified atom stereocenters. The molecule has 1 N–H and O–H groups in total. The largest absolute Gasteiger partial charge is 0.503 e. The number of nitrogens with zero attached hydrogens (tertiary/aromatic N) is 3. The molecule has 6 nitrogen and oxygen atoms in total. The van der Waals surface area contributed by atoms with E-state index < -0.39 is 17.7 Å². The van der Waals surface area contributed by atoms with E-state index in [9.17, 15) is 14.7 Å². The number of aliphatic hydroxyl groups excluding tert-OH is 1. The highest BCUT2D eigenvalue weighted by atomic mass is 16.3. The number of amides is 1. The second kappa shape index (κ2) is 8.69. The fourth-order valence-corrected chi connectivity index (χ4v) is 3.65. The summed E-state index contributed by atoms with van der Waals surface area (Å²) in [4.78, 5) is 36.1. The van der Waals surface area contributed by atoms with Gasteiger partial charge in [0, 0.05) is 18.8 Å². The maximum atomic E-state index is 13.1. The second-order valence-electron chi connectivity index (χ2n) is 7.08. The van der Waals surface area contributed by atoms with Crippen LogP contribution in [0.25, 0.3) is 0 Å². The first-order valence-electron chi connectivity index (χ1n) is 9.77. The zero-order valence-electron chi connectivity index (χ0n) is 16.3. The van der Waals surface area contributed by atoms with Crippen LogP contribution in [0.2, 0.25) is 0 Å². The van der Waals surface area contributed by atoms with Gasteiger partial charge < -0.3 is 10.0 Å². The summed E-state index contributed by atoms with van der Waals surface area (Å²) in [6, 6.07) is 19.7. The van der Waals surface area contributed by atoms with Crippen LogP contribution < -0.4 is 0 Å². The highest BCUT2D eigenvalue weighted by Crippen LogP contribution is 2.38. The number of aliphatic hydroxyl groups is 1. The van der Waals surface area contributed by atoms with Crippen LogP contribution in [0.15, 0.2) is 90.5 Å². The number of ketones is 1. The van der Waals surface area contributed by atoms with Gasteiger partial charge in [-0.1, -0.05) is 42.5 Å². The number of hydrogen-bond donors (Lipinski definition) is 1. The molecule has 0 spiro atoms. The molecule has 30 heavy (non-hydrogen) atoms. The van der Waals surface area contributed by atoms with Gasteiger partial charge in [-0.05, 0) is 36.2 Å². The lowest BCUT2D eigenvalue weighted by atomic mass is 9.95. The van der Waals surface area contributed by atoms with Crippen molar-refractivity contribution in [3.63, 3.8) is 0 Å². The van der Waals surface area contributed by atoms with Gasteiger partial charge in [-0.3, -0.25) is 19.6 Å². The van der Waals surface area contributed by atoms with E-state index in [0.717, 1.165) is 5.56 Å². The molecule has 0 saturated heterocycles. The van der Waals surface area contributed by atoms with E-state index in [1.807, 2.05) is 36.4 Å². The number of benzene rings is 1. The molecule has 1 aliphatic rings. The van der Waals surface area contributed by atoms with Crippen LogP contribution in [0.4, 0.5) is 0 Å². The maximum absolute atomic E-state index is 13.1. The number of aromatic nitrogens is 2. The lowest BCUT2D eigenvalue weighted by molar-refractivity contribution is -0.130. The van der Waals surface area contributed by atoms with Crippen molar-refractivity contribution in [2.45, 2.75) is 25.4 Å². The van der Waals surface area contributed by atoms with Gasteiger partial charge in [0.1, 0.15) is 6.04 Å². The third-order valence-corrected chi connectivity index (χ3v) is 5.11. The van der Waals surface area contributed by atoms with Gasteiger partial charge in [-0.15, -0.1) is 0 Å². The molecule has 0 aliphatic carbocycles. The first-order valence-corrected chi connectivity index (χ1v) is 9.77. The highest BCUT2D eigenvalue weighted by Gasteiger charge is 2.43. The van der Waals surface area contributed by atoms with Crippen LogP contribution in [0.3, 0.4) is 0 Å². The highest BCUT2D eigenvalue weighted by molar-refractivity contribution is 6.08. The Kier molecular flexibility index (Phi) is 5.66. The molecule has 1 aromatic carbocycles. The average Bonchev–Trinajstić information content (AvgIpc) is 3.04. The first kappa shape index (κ1) is 19.5. The molecule has 1 aliphatic heterocycles. The molecule has 4 rings (SSSR count). The summed E-state index contributed by atoms with van der Waals surface area (Å²) in [6.07, 6.45) is 3.97. The fraction of sp³-hybridized carbons (Fsp3) is 0.167. The van der Waals surface area contributed by atoms with E-state index in [0.29, 0.717) is 17.8 Å². The number of Topliss-reactive ketones (excluding diaryl/α,β-unsaturated/α-hetero) is 1. The van der Waals surface area contributed by atoms with Crippen LogP contribution in [-0.4, -0.2) is 31.7 Å². The Morgan fingerprint density at radius 1 is 0.933 bits per heavy atom. The third-order valence-electron chi connectivity index (χ3n) is 5.11. The molecule has 3 heterocycles. The molecule has 0 fully saturated rings. The zero-order valence-corrected chi connectivity index (χ0v) is 16.3. The van der Waals surface area contributed by atoms with Gasteiger partial charge >= 0.3 is 0 Å². The van der Waals surface area contributed by atoms with Gasteiger partial charge in [0.05, 0.1) is 23.5 Å². The van der Waals surface area contributed by atoms with Crippen molar-refractivity contribution in [1.29, 1.82) is 0 Å². The molecule has 3 aromatic rings. The van der Waals surface area contributed by atoms with E-state index in [2.05, 4.69) is 9.97 Å². The topological polar surface area (TPSA) is 83.4 Å². The van der Waals surface area contributed by atoms with Crippen LogP contribution in [0, 0.1) is 0 Å². The van der Waals surface area contributed by atoms with Crippen molar-refractivity contribution in [3.05, 3.63) is 107 Å². The number of hydrogen-bond acceptors (Lipinski definition) is 5. The minimum absolute atomic E-state index is 0.102. The minimum atomic E-state index is -0.746. The Hall–Kier alpha value is -3.80. The van der Waals surface area contributed by atoms with Crippen LogP contribution in [-0.2, 0) is 22.6 Å². The molecule has 1 amide bonds. The van der Waals surface area contributed by atoms with Crippen molar-refractivity contribution in [2.75, 3.05) is 0 Å². The van der Waals surface area contributed by atoms with Crippen LogP contribution >= 0.6 is 0 Å². The Morgan fingerprint density at radius 2 is 1.63 bits per heavy atom. The number of rotatable bonds is 7. The lowest BCUT2D eigenvalue weighted by Crippen LogP contribution is -2.31. The van der Waals surface area contributed by atoms with Crippen molar-refractivity contribution in [1.82, 2.24) is 14.9 Å². The predicted octanol–water partition coefficient (Wildman–Crippen LogP) is 3.57. The van der Waals surface area contributed by atoms with Crippen molar-refractivity contribution < 1.29 is 14.7 Å². The van der Waals surface area contributed by atoms with Gasteiger partial charge in [0.25, 0.3) is 5.91 Å². The molecule has 6 heteroatoms. The summed E-state index contributed by atoms with van der Waals surface area (Å²) < 4.78 is 0. The van der Waals surface area contributed by atoms with Crippen LogP contribution in [0.5, 0.6) is 0 Å². The van der Waals surface area contributed by atoms with Crippen molar-refractivity contribution in [2.24, 2.45) is 0 Å². The molecule has 0 saturated carbocycles. The molecular formula is C24H21N3O3. The summed E-state index contributed by atoms with van der Waals surface area (Å²) in [5.41, 5.74) is 2.33. The van der Waals surface area contributed by atoms with Crippen LogP contribution in [0.1, 0.15) is 29.4 Å². The summed E-state index contributed by atoms with van der Waals surface area (Å²) in [7, 11) is 0. The molecular weight excluding hydrogens is 378 g/mol.